The lowest BCUT2D eigenvalue weighted by molar-refractivity contribution is 0.0574. The molecular formula is C12H27N3O4S. The van der Waals surface area contributed by atoms with Crippen LogP contribution in [0.3, 0.4) is 0 Å². The van der Waals surface area contributed by atoms with Crippen molar-refractivity contribution in [1.82, 2.24) is 14.3 Å². The number of likely N-dealkylation sites (N-methyl/N-ethyl adjacent to an activating group) is 1. The van der Waals surface area contributed by atoms with Gasteiger partial charge in [0.05, 0.1) is 13.2 Å². The maximum atomic E-state index is 12.1. The summed E-state index contributed by atoms with van der Waals surface area (Å²) in [5.41, 5.74) is -0.116. The molecule has 20 heavy (non-hydrogen) atoms. The summed E-state index contributed by atoms with van der Waals surface area (Å²) in [6.45, 7) is 3.48. The lowest BCUT2D eigenvalue weighted by Crippen LogP contribution is -2.49. The Kier molecular flexibility index (Phi) is 7.35. The Morgan fingerprint density at radius 2 is 1.90 bits per heavy atom. The van der Waals surface area contributed by atoms with E-state index in [9.17, 15) is 8.42 Å². The molecule has 1 saturated heterocycles. The van der Waals surface area contributed by atoms with Gasteiger partial charge in [0, 0.05) is 39.8 Å². The van der Waals surface area contributed by atoms with E-state index in [2.05, 4.69) is 10.0 Å². The molecule has 120 valence electrons. The van der Waals surface area contributed by atoms with Crippen molar-refractivity contribution < 1.29 is 17.9 Å². The zero-order valence-electron chi connectivity index (χ0n) is 12.6. The van der Waals surface area contributed by atoms with E-state index in [0.29, 0.717) is 26.3 Å². The van der Waals surface area contributed by atoms with Crippen molar-refractivity contribution in [1.29, 1.82) is 0 Å². The van der Waals surface area contributed by atoms with Crippen LogP contribution < -0.4 is 10.0 Å². The normalized spacial score (nSPS) is 19.4. The van der Waals surface area contributed by atoms with Crippen LogP contribution in [0, 0.1) is 5.41 Å². The number of nitrogens with one attached hydrogen (secondary N) is 2. The number of piperidine rings is 1. The Morgan fingerprint density at radius 3 is 2.45 bits per heavy atom. The first-order valence-corrected chi connectivity index (χ1v) is 8.29. The first-order valence-electron chi connectivity index (χ1n) is 6.85. The minimum absolute atomic E-state index is 0.116. The van der Waals surface area contributed by atoms with Crippen molar-refractivity contribution in [2.45, 2.75) is 12.8 Å². The third kappa shape index (κ3) is 5.27. The van der Waals surface area contributed by atoms with E-state index in [-0.39, 0.29) is 5.41 Å². The first kappa shape index (κ1) is 17.8. The molecule has 0 atom stereocenters. The van der Waals surface area contributed by atoms with Crippen LogP contribution in [0.2, 0.25) is 0 Å². The van der Waals surface area contributed by atoms with Crippen LogP contribution in [-0.2, 0) is 19.7 Å². The van der Waals surface area contributed by atoms with Gasteiger partial charge in [-0.1, -0.05) is 0 Å². The Labute approximate surface area is 122 Å². The van der Waals surface area contributed by atoms with E-state index in [1.165, 1.54) is 4.31 Å². The van der Waals surface area contributed by atoms with Gasteiger partial charge in [0.15, 0.2) is 0 Å². The Bertz CT molecular complexity index is 363. The Morgan fingerprint density at radius 1 is 1.25 bits per heavy atom. The predicted octanol–water partition coefficient (Wildman–Crippen LogP) is -0.585. The van der Waals surface area contributed by atoms with Crippen LogP contribution in [0.25, 0.3) is 0 Å². The fourth-order valence-corrected chi connectivity index (χ4v) is 3.35. The summed E-state index contributed by atoms with van der Waals surface area (Å²) in [5.74, 6) is 0. The van der Waals surface area contributed by atoms with Crippen molar-refractivity contribution >= 4 is 10.2 Å². The zero-order valence-corrected chi connectivity index (χ0v) is 13.5. The summed E-state index contributed by atoms with van der Waals surface area (Å²) >= 11 is 0. The summed E-state index contributed by atoms with van der Waals surface area (Å²) < 4.78 is 38.4. The van der Waals surface area contributed by atoms with Crippen molar-refractivity contribution in [3.05, 3.63) is 0 Å². The highest BCUT2D eigenvalue weighted by atomic mass is 32.2. The van der Waals surface area contributed by atoms with E-state index in [4.69, 9.17) is 9.47 Å². The molecule has 0 spiro atoms. The van der Waals surface area contributed by atoms with Crippen LogP contribution in [0.5, 0.6) is 0 Å². The van der Waals surface area contributed by atoms with Gasteiger partial charge < -0.3 is 14.8 Å². The topological polar surface area (TPSA) is 79.9 Å². The highest BCUT2D eigenvalue weighted by Gasteiger charge is 2.33. The molecule has 0 unspecified atom stereocenters. The molecule has 0 aromatic heterocycles. The van der Waals surface area contributed by atoms with Gasteiger partial charge in [-0.15, -0.1) is 0 Å². The van der Waals surface area contributed by atoms with Crippen LogP contribution in [0.1, 0.15) is 12.8 Å². The monoisotopic (exact) mass is 309 g/mol. The van der Waals surface area contributed by atoms with E-state index < -0.39 is 10.2 Å². The third-order valence-corrected chi connectivity index (χ3v) is 5.28. The molecule has 1 aliphatic rings. The van der Waals surface area contributed by atoms with Crippen molar-refractivity contribution in [2.24, 2.45) is 5.41 Å². The number of nitrogens with zero attached hydrogens (tertiary/aromatic N) is 1. The maximum Gasteiger partial charge on any atom is 0.279 e. The van der Waals surface area contributed by atoms with Gasteiger partial charge in [-0.25, -0.2) is 4.72 Å². The lowest BCUT2D eigenvalue weighted by atomic mass is 9.80. The van der Waals surface area contributed by atoms with Crippen LogP contribution in [0.15, 0.2) is 0 Å². The fourth-order valence-electron chi connectivity index (χ4n) is 2.33. The molecule has 0 aliphatic carbocycles. The molecule has 1 rings (SSSR count). The van der Waals surface area contributed by atoms with Crippen LogP contribution >= 0.6 is 0 Å². The van der Waals surface area contributed by atoms with E-state index in [1.807, 2.05) is 0 Å². The standard InChI is InChI=1S/C12H27N3O4S/c1-15(8-9-18-2)20(16,17)14-10-12(11-19-3)4-6-13-7-5-12/h13-14H,4-11H2,1-3H3. The number of hydrogen-bond donors (Lipinski definition) is 2. The molecule has 0 aromatic carbocycles. The molecule has 0 amide bonds. The average Bonchev–Trinajstić information content (AvgIpc) is 2.44. The second kappa shape index (κ2) is 8.26. The van der Waals surface area contributed by atoms with E-state index in [0.717, 1.165) is 25.9 Å². The quantitative estimate of drug-likeness (QED) is 0.595. The van der Waals surface area contributed by atoms with Crippen LogP contribution in [0.4, 0.5) is 0 Å². The third-order valence-electron chi connectivity index (χ3n) is 3.76. The fraction of sp³-hybridized carbons (Fsp3) is 1.00. The molecule has 0 aromatic rings. The minimum Gasteiger partial charge on any atom is -0.384 e. The Hall–Kier alpha value is -0.250. The van der Waals surface area contributed by atoms with Gasteiger partial charge in [-0.2, -0.15) is 12.7 Å². The SMILES string of the molecule is COCCN(C)S(=O)(=O)NCC1(COC)CCNCC1. The number of rotatable bonds is 9. The summed E-state index contributed by atoms with van der Waals surface area (Å²) in [7, 11) is 1.30. The van der Waals surface area contributed by atoms with Crippen molar-refractivity contribution in [2.75, 3.05) is 60.7 Å². The molecule has 0 saturated carbocycles. The maximum absolute atomic E-state index is 12.1. The van der Waals surface area contributed by atoms with Gasteiger partial charge >= 0.3 is 0 Å². The highest BCUT2D eigenvalue weighted by molar-refractivity contribution is 7.87. The molecule has 1 heterocycles. The lowest BCUT2D eigenvalue weighted by Gasteiger charge is -2.37. The van der Waals surface area contributed by atoms with Crippen LogP contribution in [-0.4, -0.2) is 73.4 Å². The summed E-state index contributed by atoms with van der Waals surface area (Å²) in [6, 6.07) is 0. The molecule has 0 radical (unpaired) electrons. The van der Waals surface area contributed by atoms with Gasteiger partial charge in [0.1, 0.15) is 0 Å². The van der Waals surface area contributed by atoms with Gasteiger partial charge in [-0.05, 0) is 25.9 Å². The summed E-state index contributed by atoms with van der Waals surface area (Å²) in [6.07, 6.45) is 1.82. The summed E-state index contributed by atoms with van der Waals surface area (Å²) in [4.78, 5) is 0. The second-order valence-corrected chi connectivity index (χ2v) is 7.19. The van der Waals surface area contributed by atoms with E-state index >= 15 is 0 Å². The molecule has 8 heteroatoms. The molecule has 1 aliphatic heterocycles. The smallest absolute Gasteiger partial charge is 0.279 e. The minimum atomic E-state index is -3.46. The molecule has 1 fully saturated rings. The van der Waals surface area contributed by atoms with Gasteiger partial charge in [-0.3, -0.25) is 0 Å². The first-order chi connectivity index (χ1) is 9.46. The number of methoxy groups -OCH3 is 2. The second-order valence-electron chi connectivity index (χ2n) is 5.32. The molecule has 0 bridgehead atoms. The van der Waals surface area contributed by atoms with Crippen molar-refractivity contribution in [3.8, 4) is 0 Å². The van der Waals surface area contributed by atoms with Crippen molar-refractivity contribution in [3.63, 3.8) is 0 Å². The molecular weight excluding hydrogens is 282 g/mol. The van der Waals surface area contributed by atoms with E-state index in [1.54, 1.807) is 21.3 Å². The average molecular weight is 309 g/mol. The zero-order chi connectivity index (χ0) is 15.1. The molecule has 7 nitrogen and oxygen atoms in total. The number of hydrogen-bond acceptors (Lipinski definition) is 5. The van der Waals surface area contributed by atoms with Gasteiger partial charge in [0.2, 0.25) is 0 Å². The highest BCUT2D eigenvalue weighted by Crippen LogP contribution is 2.28. The largest absolute Gasteiger partial charge is 0.384 e. The molecule has 2 N–H and O–H groups in total. The Balaban J connectivity index is 2.57. The summed E-state index contributed by atoms with van der Waals surface area (Å²) in [5, 5.41) is 3.29. The van der Waals surface area contributed by atoms with Gasteiger partial charge in [0.25, 0.3) is 10.2 Å². The number of ether oxygens (including phenoxy) is 2. The predicted molar refractivity (Wildman–Crippen MR) is 77.8 cm³/mol.